The quantitative estimate of drug-likeness (QED) is 0.870. The Hall–Kier alpha value is -0.580. The fourth-order valence-corrected chi connectivity index (χ4v) is 4.37. The molecule has 0 bridgehead atoms. The van der Waals surface area contributed by atoms with Gasteiger partial charge in [0.1, 0.15) is 0 Å². The van der Waals surface area contributed by atoms with E-state index in [1.165, 1.54) is 19.3 Å². The highest BCUT2D eigenvalue weighted by Crippen LogP contribution is 2.27. The first-order valence-electron chi connectivity index (χ1n) is 6.72. The topological polar surface area (TPSA) is 46.3 Å². The molecule has 1 fully saturated rings. The van der Waals surface area contributed by atoms with Crippen molar-refractivity contribution in [1.82, 2.24) is 4.90 Å². The van der Waals surface area contributed by atoms with Crippen molar-refractivity contribution in [3.8, 4) is 0 Å². The van der Waals surface area contributed by atoms with Gasteiger partial charge in [-0.1, -0.05) is 24.1 Å². The lowest BCUT2D eigenvalue weighted by molar-refractivity contribution is 0.182. The predicted octanol–water partition coefficient (Wildman–Crippen LogP) is 2.90. The first-order valence-corrected chi connectivity index (χ1v) is 8.42. The SMILES string of the molecule is CN1CCCCC1CCS(=O)c1c(N)cccc1Cl. The number of halogens is 1. The molecule has 0 amide bonds. The minimum atomic E-state index is -1.11. The molecule has 3 nitrogen and oxygen atoms in total. The number of benzene rings is 1. The number of nitrogens with zero attached hydrogens (tertiary/aromatic N) is 1. The van der Waals surface area contributed by atoms with Gasteiger partial charge in [-0.25, -0.2) is 0 Å². The lowest BCUT2D eigenvalue weighted by Crippen LogP contribution is -2.37. The van der Waals surface area contributed by atoms with E-state index in [2.05, 4.69) is 11.9 Å². The minimum Gasteiger partial charge on any atom is -0.398 e. The van der Waals surface area contributed by atoms with E-state index in [0.29, 0.717) is 27.4 Å². The van der Waals surface area contributed by atoms with Crippen LogP contribution in [0.5, 0.6) is 0 Å². The number of nitrogen functional groups attached to an aromatic ring is 1. The molecule has 5 heteroatoms. The summed E-state index contributed by atoms with van der Waals surface area (Å²) in [5.41, 5.74) is 6.40. The molecule has 1 saturated heterocycles. The van der Waals surface area contributed by atoms with E-state index in [-0.39, 0.29) is 0 Å². The summed E-state index contributed by atoms with van der Waals surface area (Å²) in [7, 11) is 1.04. The highest BCUT2D eigenvalue weighted by molar-refractivity contribution is 7.85. The zero-order chi connectivity index (χ0) is 13.8. The van der Waals surface area contributed by atoms with Gasteiger partial charge in [0, 0.05) is 17.5 Å². The zero-order valence-corrected chi connectivity index (χ0v) is 12.8. The van der Waals surface area contributed by atoms with Crippen LogP contribution >= 0.6 is 11.6 Å². The van der Waals surface area contributed by atoms with E-state index in [4.69, 9.17) is 17.3 Å². The predicted molar refractivity (Wildman–Crippen MR) is 82.0 cm³/mol. The Balaban J connectivity index is 1.97. The van der Waals surface area contributed by atoms with Crippen LogP contribution in [0.25, 0.3) is 0 Å². The summed E-state index contributed by atoms with van der Waals surface area (Å²) in [6.07, 6.45) is 4.68. The Labute approximate surface area is 122 Å². The normalized spacial score (nSPS) is 22.3. The zero-order valence-electron chi connectivity index (χ0n) is 11.3. The molecule has 2 atom stereocenters. The molecule has 2 N–H and O–H groups in total. The van der Waals surface area contributed by atoms with Crippen LogP contribution < -0.4 is 5.73 Å². The molecule has 1 aromatic carbocycles. The van der Waals surface area contributed by atoms with E-state index in [1.807, 2.05) is 0 Å². The molecule has 1 aromatic rings. The fourth-order valence-electron chi connectivity index (χ4n) is 2.62. The van der Waals surface area contributed by atoms with E-state index >= 15 is 0 Å². The van der Waals surface area contributed by atoms with Crippen molar-refractivity contribution in [1.29, 1.82) is 0 Å². The molecule has 0 aromatic heterocycles. The van der Waals surface area contributed by atoms with Crippen LogP contribution in [0, 0.1) is 0 Å². The van der Waals surface area contributed by atoms with Gasteiger partial charge in [0.15, 0.2) is 0 Å². The number of piperidine rings is 1. The number of hydrogen-bond acceptors (Lipinski definition) is 3. The summed E-state index contributed by atoms with van der Waals surface area (Å²) in [5.74, 6) is 0.628. The molecule has 0 spiro atoms. The van der Waals surface area contributed by atoms with E-state index in [0.717, 1.165) is 13.0 Å². The van der Waals surface area contributed by atoms with Gasteiger partial charge >= 0.3 is 0 Å². The minimum absolute atomic E-state index is 0.510. The van der Waals surface area contributed by atoms with Crippen LogP contribution in [0.4, 0.5) is 5.69 Å². The lowest BCUT2D eigenvalue weighted by Gasteiger charge is -2.32. The van der Waals surface area contributed by atoms with Gasteiger partial charge in [0.25, 0.3) is 0 Å². The number of hydrogen-bond donors (Lipinski definition) is 1. The molecule has 1 aliphatic heterocycles. The molecule has 0 aliphatic carbocycles. The van der Waals surface area contributed by atoms with E-state index in [1.54, 1.807) is 18.2 Å². The molecule has 2 rings (SSSR count). The molecule has 2 unspecified atom stereocenters. The number of nitrogens with two attached hydrogens (primary N) is 1. The Kier molecular flexibility index (Phi) is 5.25. The molecular formula is C14H21ClN2OS. The maximum absolute atomic E-state index is 12.4. The van der Waals surface area contributed by atoms with Crippen LogP contribution in [0.1, 0.15) is 25.7 Å². The number of likely N-dealkylation sites (tertiary alicyclic amines) is 1. The molecule has 0 saturated carbocycles. The highest BCUT2D eigenvalue weighted by atomic mass is 35.5. The van der Waals surface area contributed by atoms with Crippen molar-refractivity contribution in [3.05, 3.63) is 23.2 Å². The van der Waals surface area contributed by atoms with Crippen LogP contribution in [0.15, 0.2) is 23.1 Å². The first kappa shape index (κ1) is 14.8. The maximum Gasteiger partial charge on any atom is 0.0803 e. The van der Waals surface area contributed by atoms with Crippen molar-refractivity contribution in [2.45, 2.75) is 36.6 Å². The van der Waals surface area contributed by atoms with Gasteiger partial charge in [0.2, 0.25) is 0 Å². The molecular weight excluding hydrogens is 280 g/mol. The third kappa shape index (κ3) is 3.71. The maximum atomic E-state index is 12.4. The van der Waals surface area contributed by atoms with Gasteiger partial charge in [-0.15, -0.1) is 0 Å². The number of anilines is 1. The summed E-state index contributed by atoms with van der Waals surface area (Å²) >= 11 is 6.09. The Morgan fingerprint density at radius 1 is 1.47 bits per heavy atom. The Morgan fingerprint density at radius 2 is 2.26 bits per heavy atom. The number of rotatable bonds is 4. The van der Waals surface area contributed by atoms with Crippen molar-refractivity contribution >= 4 is 28.1 Å². The summed E-state index contributed by atoms with van der Waals surface area (Å²) < 4.78 is 12.4. The van der Waals surface area contributed by atoms with Crippen molar-refractivity contribution < 1.29 is 4.21 Å². The molecule has 0 radical (unpaired) electrons. The average Bonchev–Trinajstić information content (AvgIpc) is 2.37. The first-order chi connectivity index (χ1) is 9.09. The molecule has 106 valence electrons. The van der Waals surface area contributed by atoms with Gasteiger partial charge in [-0.3, -0.25) is 4.21 Å². The van der Waals surface area contributed by atoms with Crippen molar-refractivity contribution in [2.24, 2.45) is 0 Å². The molecule has 1 heterocycles. The van der Waals surface area contributed by atoms with Gasteiger partial charge in [0.05, 0.1) is 20.7 Å². The van der Waals surface area contributed by atoms with Crippen molar-refractivity contribution in [2.75, 3.05) is 25.1 Å². The second kappa shape index (κ2) is 6.73. The monoisotopic (exact) mass is 300 g/mol. The largest absolute Gasteiger partial charge is 0.398 e. The third-order valence-electron chi connectivity index (χ3n) is 3.78. The van der Waals surface area contributed by atoms with Gasteiger partial charge < -0.3 is 10.6 Å². The standard InChI is InChI=1S/C14H21ClN2OS/c1-17-9-3-2-5-11(17)8-10-19(18)14-12(15)6-4-7-13(14)16/h4,6-7,11H,2-3,5,8-10,16H2,1H3. The van der Waals surface area contributed by atoms with Crippen LogP contribution in [-0.2, 0) is 10.8 Å². The van der Waals surface area contributed by atoms with Crippen molar-refractivity contribution in [3.63, 3.8) is 0 Å². The lowest BCUT2D eigenvalue weighted by atomic mass is 10.0. The van der Waals surface area contributed by atoms with E-state index in [9.17, 15) is 4.21 Å². The van der Waals surface area contributed by atoms with E-state index < -0.39 is 10.8 Å². The smallest absolute Gasteiger partial charge is 0.0803 e. The van der Waals surface area contributed by atoms with Gasteiger partial charge in [-0.05, 0) is 45.0 Å². The molecule has 19 heavy (non-hydrogen) atoms. The Morgan fingerprint density at radius 3 is 2.95 bits per heavy atom. The summed E-state index contributed by atoms with van der Waals surface area (Å²) in [4.78, 5) is 2.97. The summed E-state index contributed by atoms with van der Waals surface area (Å²) in [5, 5.41) is 0.510. The summed E-state index contributed by atoms with van der Waals surface area (Å²) in [6, 6.07) is 5.83. The average molecular weight is 301 g/mol. The third-order valence-corrected chi connectivity index (χ3v) is 5.73. The van der Waals surface area contributed by atoms with Crippen LogP contribution in [-0.4, -0.2) is 34.5 Å². The molecule has 1 aliphatic rings. The van der Waals surface area contributed by atoms with Gasteiger partial charge in [-0.2, -0.15) is 0 Å². The Bertz CT molecular complexity index is 447. The second-order valence-electron chi connectivity index (χ2n) is 5.13. The summed E-state index contributed by atoms with van der Waals surface area (Å²) in [6.45, 7) is 1.14. The van der Waals surface area contributed by atoms with Crippen LogP contribution in [0.3, 0.4) is 0 Å². The fraction of sp³-hybridized carbons (Fsp3) is 0.571. The highest BCUT2D eigenvalue weighted by Gasteiger charge is 2.20. The van der Waals surface area contributed by atoms with Crippen LogP contribution in [0.2, 0.25) is 5.02 Å². The second-order valence-corrected chi connectivity index (χ2v) is 7.04.